The highest BCUT2D eigenvalue weighted by Gasteiger charge is 2.41. The van der Waals surface area contributed by atoms with Gasteiger partial charge in [-0.15, -0.1) is 0 Å². The van der Waals surface area contributed by atoms with E-state index in [1.807, 2.05) is 140 Å². The molecule has 0 amide bonds. The molecule has 3 fully saturated rings. The summed E-state index contributed by atoms with van der Waals surface area (Å²) in [6, 6.07) is 140. The number of hydrogen-bond acceptors (Lipinski definition) is 18. The van der Waals surface area contributed by atoms with Gasteiger partial charge in [0.15, 0.2) is 28.8 Å². The topological polar surface area (TPSA) is 262 Å². The molecule has 7 heterocycles. The van der Waals surface area contributed by atoms with Gasteiger partial charge in [-0.05, 0) is 261 Å². The van der Waals surface area contributed by atoms with Gasteiger partial charge in [0.05, 0.1) is 19.3 Å². The van der Waals surface area contributed by atoms with Crippen molar-refractivity contribution in [2.24, 2.45) is 34.8 Å². The molecule has 3 saturated heterocycles. The zero-order valence-electron chi connectivity index (χ0n) is 83.1. The van der Waals surface area contributed by atoms with Crippen molar-refractivity contribution >= 4 is 0 Å². The summed E-state index contributed by atoms with van der Waals surface area (Å²) in [5.41, 5.74) is 40.4. The van der Waals surface area contributed by atoms with Gasteiger partial charge in [0.2, 0.25) is 19.5 Å². The molecule has 18 heteroatoms. The van der Waals surface area contributed by atoms with Gasteiger partial charge in [0.25, 0.3) is 0 Å². The highest BCUT2D eigenvalue weighted by molar-refractivity contribution is 5.49. The second-order valence-electron chi connectivity index (χ2n) is 37.5. The van der Waals surface area contributed by atoms with E-state index in [-0.39, 0.29) is 23.8 Å². The Hall–Kier alpha value is -13.9. The summed E-state index contributed by atoms with van der Waals surface area (Å²) in [5, 5.41) is 26.2. The molecule has 14 aromatic carbocycles. The first-order valence-electron chi connectivity index (χ1n) is 51.3. The molecule has 144 heavy (non-hydrogen) atoms. The minimum absolute atomic E-state index is 0.00613. The SMILES string of the molecule is COc1ccc(CC(c2ccccc2)C(N)Cc2ccco2)cc1.NCCC(Cc1ccc2c(c1)OCO2)c1ccccc1.NCCC(c1ccccc1)c1ccc2c(c1)OCO2.NCCC(c1ccccc1)c1ccccc1.OC(c1ccccc1)(c1ccccc1)C1CCNCC1.c1ccc(C(c2ccccc2)c2noc(C3CCNCC3)n2)cc1.c1ccc(CC2CNCCN(Cc3ccccc3)C2)cc1. The smallest absolute Gasteiger partial charge is 0.231 e. The van der Waals surface area contributed by atoms with Crippen LogP contribution in [0.4, 0.5) is 0 Å². The Labute approximate surface area is 852 Å². The number of rotatable bonds is 31. The Kier molecular flexibility index (Phi) is 41.2. The van der Waals surface area contributed by atoms with Gasteiger partial charge < -0.3 is 76.6 Å². The molecule has 16 aromatic rings. The van der Waals surface area contributed by atoms with Crippen molar-refractivity contribution in [2.75, 3.05) is 92.7 Å². The largest absolute Gasteiger partial charge is 0.497 e. The zero-order valence-corrected chi connectivity index (χ0v) is 83.1. The van der Waals surface area contributed by atoms with Crippen molar-refractivity contribution in [3.05, 3.63) is 508 Å². The lowest BCUT2D eigenvalue weighted by atomic mass is 9.72. The highest BCUT2D eigenvalue weighted by Crippen LogP contribution is 2.43. The van der Waals surface area contributed by atoms with Crippen molar-refractivity contribution in [1.29, 1.82) is 0 Å². The molecule has 21 rings (SSSR count). The van der Waals surface area contributed by atoms with Gasteiger partial charge >= 0.3 is 0 Å². The van der Waals surface area contributed by atoms with E-state index in [1.54, 1.807) is 13.4 Å². The van der Waals surface area contributed by atoms with Crippen molar-refractivity contribution in [3.8, 4) is 28.7 Å². The molecule has 0 aliphatic carbocycles. The van der Waals surface area contributed by atoms with Crippen LogP contribution in [0.1, 0.15) is 176 Å². The van der Waals surface area contributed by atoms with E-state index in [0.717, 1.165) is 174 Å². The molecule has 0 spiro atoms. The molecular formula is C126H142N10O8. The normalized spacial score (nSPS) is 15.2. The number of piperidine rings is 2. The Morgan fingerprint density at radius 3 is 1.35 bits per heavy atom. The van der Waals surface area contributed by atoms with E-state index in [0.29, 0.717) is 62.8 Å². The third-order valence-corrected chi connectivity index (χ3v) is 27.6. The number of benzene rings is 14. The average molecular weight is 1920 g/mol. The number of nitrogens with zero attached hydrogens (tertiary/aromatic N) is 3. The van der Waals surface area contributed by atoms with Crippen LogP contribution >= 0.6 is 0 Å². The number of furan rings is 1. The lowest BCUT2D eigenvalue weighted by Crippen LogP contribution is -2.42. The molecule has 5 aliphatic heterocycles. The summed E-state index contributed by atoms with van der Waals surface area (Å²) in [4.78, 5) is 7.37. The molecule has 5 unspecified atom stereocenters. The van der Waals surface area contributed by atoms with Crippen molar-refractivity contribution < 1.29 is 37.7 Å². The summed E-state index contributed by atoms with van der Waals surface area (Å²) in [6.45, 7) is 12.3. The Morgan fingerprint density at radius 1 is 0.410 bits per heavy atom. The summed E-state index contributed by atoms with van der Waals surface area (Å²) in [7, 11) is 1.68. The third-order valence-electron chi connectivity index (χ3n) is 27.6. The summed E-state index contributed by atoms with van der Waals surface area (Å²) in [6.07, 6.45) is 12.5. The van der Waals surface area contributed by atoms with Crippen LogP contribution in [0.25, 0.3) is 0 Å². The first-order chi connectivity index (χ1) is 71.0. The van der Waals surface area contributed by atoms with Crippen LogP contribution in [-0.2, 0) is 37.8 Å². The predicted octanol–water partition coefficient (Wildman–Crippen LogP) is 22.9. The first kappa shape index (κ1) is 104. The quantitative estimate of drug-likeness (QED) is 0.0201. The number of nitrogens with one attached hydrogen (secondary N) is 3. The number of methoxy groups -OCH3 is 1. The van der Waals surface area contributed by atoms with Crippen LogP contribution in [0, 0.1) is 11.8 Å². The maximum absolute atomic E-state index is 11.6. The molecule has 5 atom stereocenters. The molecule has 2 aromatic heterocycles. The monoisotopic (exact) mass is 1920 g/mol. The molecule has 0 bridgehead atoms. The molecular weight excluding hydrogens is 1780 g/mol. The van der Waals surface area contributed by atoms with Gasteiger partial charge in [0.1, 0.15) is 17.1 Å². The number of nitrogens with two attached hydrogens (primary N) is 4. The number of fused-ring (bicyclic) bond motifs is 2. The first-order valence-corrected chi connectivity index (χ1v) is 51.3. The van der Waals surface area contributed by atoms with Crippen LogP contribution in [0.5, 0.6) is 28.7 Å². The van der Waals surface area contributed by atoms with Crippen LogP contribution in [0.2, 0.25) is 0 Å². The summed E-state index contributed by atoms with van der Waals surface area (Å²) in [5.74, 6) is 9.40. The second kappa shape index (κ2) is 56.8. The zero-order chi connectivity index (χ0) is 99.2. The van der Waals surface area contributed by atoms with Crippen LogP contribution < -0.4 is 62.6 Å². The Bertz CT molecular complexity index is 6040. The summed E-state index contributed by atoms with van der Waals surface area (Å²) < 4.78 is 37.9. The molecule has 5 aliphatic rings. The van der Waals surface area contributed by atoms with E-state index < -0.39 is 5.60 Å². The number of aromatic nitrogens is 2. The van der Waals surface area contributed by atoms with Crippen molar-refractivity contribution in [2.45, 2.75) is 124 Å². The fourth-order valence-corrected chi connectivity index (χ4v) is 20.0. The fraction of sp³-hybridized carbons (Fsp3) is 0.286. The molecule has 12 N–H and O–H groups in total. The standard InChI is InChI=1S/C21H23NO2.C20H21N3O.C19H24N2.C18H21NO.C17H19NO2.C16H17NO2.C15H17N/c1-23-18-11-9-16(10-12-18)14-20(17-6-3-2-4-7-17)21(22)15-19-8-5-13-24-19;1-3-7-15(8-4-1)18(16-9-5-2-6-10-16)19-22-20(24-23-19)17-11-13-21-14-12-17;1-3-7-17(8-4-1)13-19-14-20-11-12-21(16-19)15-18-9-5-2-6-10-18;20-18(15-7-3-1-4-8-15,16-9-5-2-6-10-16)17-11-13-19-14-12-17;18-9-8-15(14-4-2-1-3-5-14)10-13-6-7-16-17(11-13)20-12-19-16;17-9-8-14(12-4-2-1-3-5-12)13-6-7-15-16(10-13)19-11-18-15;16-12-11-15(13-7-3-1-4-8-13)14-9-5-2-6-10-14/h2-13,20-21H,14-15,22H2,1H3;1-10,17-18,21H,11-14H2;1-10,19-20H,11-16H2;1-10,17,19-20H,11-14H2;1-7,11,15H,8-10,12,18H2;1-7,10,14H,8-9,11,17H2;1-10,15H,11-12,16H2. The molecule has 0 saturated carbocycles. The lowest BCUT2D eigenvalue weighted by molar-refractivity contribution is 0.00236. The maximum Gasteiger partial charge on any atom is 0.231 e. The fourth-order valence-electron chi connectivity index (χ4n) is 20.0. The predicted molar refractivity (Wildman–Crippen MR) is 581 cm³/mol. The Morgan fingerprint density at radius 2 is 0.854 bits per heavy atom. The summed E-state index contributed by atoms with van der Waals surface area (Å²) >= 11 is 0. The highest BCUT2D eigenvalue weighted by atomic mass is 16.7. The third kappa shape index (κ3) is 31.1. The van der Waals surface area contributed by atoms with Gasteiger partial charge in [-0.25, -0.2) is 0 Å². The van der Waals surface area contributed by atoms with Gasteiger partial charge in [-0.2, -0.15) is 4.98 Å². The van der Waals surface area contributed by atoms with E-state index in [2.05, 4.69) is 293 Å². The number of ether oxygens (including phenoxy) is 5. The maximum atomic E-state index is 11.6. The average Bonchev–Trinajstić information content (AvgIpc) is 0.960. The van der Waals surface area contributed by atoms with Gasteiger partial charge in [-0.3, -0.25) is 4.90 Å². The van der Waals surface area contributed by atoms with Crippen LogP contribution in [0.3, 0.4) is 0 Å². The second-order valence-corrected chi connectivity index (χ2v) is 37.5. The molecule has 18 nitrogen and oxygen atoms in total. The number of aliphatic hydroxyl groups is 1. The minimum atomic E-state index is -0.884. The van der Waals surface area contributed by atoms with Crippen molar-refractivity contribution in [1.82, 2.24) is 31.0 Å². The molecule has 0 radical (unpaired) electrons. The minimum Gasteiger partial charge on any atom is -0.497 e. The lowest BCUT2D eigenvalue weighted by Gasteiger charge is -2.39. The van der Waals surface area contributed by atoms with Crippen LogP contribution in [-0.4, -0.2) is 119 Å². The van der Waals surface area contributed by atoms with E-state index >= 15 is 0 Å². The van der Waals surface area contributed by atoms with Crippen molar-refractivity contribution in [3.63, 3.8) is 0 Å². The van der Waals surface area contributed by atoms with Gasteiger partial charge in [-0.1, -0.05) is 363 Å². The van der Waals surface area contributed by atoms with Gasteiger partial charge in [0, 0.05) is 62.3 Å². The molecule has 744 valence electrons. The number of hydrogen-bond donors (Lipinski definition) is 8. The van der Waals surface area contributed by atoms with E-state index in [9.17, 15) is 5.11 Å². The van der Waals surface area contributed by atoms with E-state index in [4.69, 9.17) is 60.5 Å². The van der Waals surface area contributed by atoms with E-state index in [1.165, 1.54) is 79.7 Å². The van der Waals surface area contributed by atoms with Crippen LogP contribution in [0.15, 0.2) is 422 Å². The Balaban J connectivity index is 0.000000127.